The molecule has 2 aromatic carbocycles. The molecule has 5 rings (SSSR count). The average Bonchev–Trinajstić information content (AvgIpc) is 3.32. The largest absolute Gasteiger partial charge is 0.507 e. The van der Waals surface area contributed by atoms with Crippen LogP contribution in [-0.2, 0) is 9.59 Å². The van der Waals surface area contributed by atoms with Gasteiger partial charge in [0.05, 0.1) is 21.8 Å². The number of hydrogen-bond acceptors (Lipinski definition) is 6. The van der Waals surface area contributed by atoms with E-state index in [1.165, 1.54) is 47.6 Å². The number of hydrogen-bond donors (Lipinski definition) is 1. The van der Waals surface area contributed by atoms with Crippen molar-refractivity contribution in [2.24, 2.45) is 0 Å². The van der Waals surface area contributed by atoms with Gasteiger partial charge in [-0.1, -0.05) is 17.4 Å². The van der Waals surface area contributed by atoms with Gasteiger partial charge < -0.3 is 5.11 Å². The number of aliphatic hydroxyl groups is 1. The zero-order valence-corrected chi connectivity index (χ0v) is 17.0. The van der Waals surface area contributed by atoms with Gasteiger partial charge in [0, 0.05) is 18.0 Å². The van der Waals surface area contributed by atoms with Crippen molar-refractivity contribution in [1.82, 2.24) is 9.97 Å². The van der Waals surface area contributed by atoms with Gasteiger partial charge in [0.1, 0.15) is 17.4 Å². The first-order chi connectivity index (χ1) is 15.4. The maximum Gasteiger partial charge on any atom is 0.301 e. The number of aromatic nitrogens is 2. The van der Waals surface area contributed by atoms with Crippen LogP contribution in [0.1, 0.15) is 17.2 Å². The average molecular weight is 449 g/mol. The topological polar surface area (TPSA) is 83.4 Å². The van der Waals surface area contributed by atoms with Gasteiger partial charge in [-0.05, 0) is 54.1 Å². The molecule has 0 radical (unpaired) electrons. The molecule has 0 spiro atoms. The summed E-state index contributed by atoms with van der Waals surface area (Å²) < 4.78 is 27.5. The van der Waals surface area contributed by atoms with Crippen LogP contribution in [0.5, 0.6) is 0 Å². The quantitative estimate of drug-likeness (QED) is 0.281. The Morgan fingerprint density at radius 3 is 2.50 bits per heavy atom. The summed E-state index contributed by atoms with van der Waals surface area (Å²) >= 11 is 1.05. The highest BCUT2D eigenvalue weighted by molar-refractivity contribution is 7.22. The Kier molecular flexibility index (Phi) is 4.75. The number of Topliss-reactive ketones (excluding diaryl/α,β-unsaturated/α-hetero) is 1. The molecule has 0 bridgehead atoms. The number of ketones is 1. The summed E-state index contributed by atoms with van der Waals surface area (Å²) in [6, 6.07) is 11.3. The second kappa shape index (κ2) is 7.61. The number of nitrogens with zero attached hydrogens (tertiary/aromatic N) is 3. The summed E-state index contributed by atoms with van der Waals surface area (Å²) in [6.07, 6.45) is 3.02. The molecular weight excluding hydrogens is 436 g/mol. The lowest BCUT2D eigenvalue weighted by Gasteiger charge is -2.22. The number of anilines is 1. The van der Waals surface area contributed by atoms with E-state index in [1.54, 1.807) is 12.1 Å². The van der Waals surface area contributed by atoms with Crippen LogP contribution >= 0.6 is 11.3 Å². The fraction of sp³-hybridized carbons (Fsp3) is 0.0435. The van der Waals surface area contributed by atoms with Gasteiger partial charge in [-0.2, -0.15) is 0 Å². The van der Waals surface area contributed by atoms with Crippen molar-refractivity contribution < 1.29 is 23.5 Å². The van der Waals surface area contributed by atoms with Crippen LogP contribution in [0.2, 0.25) is 0 Å². The monoisotopic (exact) mass is 449 g/mol. The molecule has 1 unspecified atom stereocenters. The van der Waals surface area contributed by atoms with Gasteiger partial charge in [-0.3, -0.25) is 19.5 Å². The number of benzene rings is 2. The van der Waals surface area contributed by atoms with Crippen LogP contribution < -0.4 is 4.90 Å². The van der Waals surface area contributed by atoms with Crippen LogP contribution in [0.25, 0.3) is 16.0 Å². The Bertz CT molecular complexity index is 1400. The molecule has 0 aliphatic carbocycles. The van der Waals surface area contributed by atoms with E-state index in [0.29, 0.717) is 15.8 Å². The molecule has 9 heteroatoms. The molecule has 1 aliphatic rings. The van der Waals surface area contributed by atoms with Gasteiger partial charge in [-0.15, -0.1) is 0 Å². The molecule has 158 valence electrons. The second-order valence-electron chi connectivity index (χ2n) is 7.07. The van der Waals surface area contributed by atoms with Gasteiger partial charge in [0.25, 0.3) is 5.78 Å². The number of pyridine rings is 1. The SMILES string of the molecule is O=C1C(=O)N(c2nc3ccc(F)cc3s2)C(c2cccnc2)/C1=C(\O)c1ccc(F)cc1. The first-order valence-electron chi connectivity index (χ1n) is 9.47. The number of thiazole rings is 1. The lowest BCUT2D eigenvalue weighted by Crippen LogP contribution is -2.29. The third-order valence-electron chi connectivity index (χ3n) is 5.11. The van der Waals surface area contributed by atoms with Gasteiger partial charge in [0.2, 0.25) is 0 Å². The number of aliphatic hydroxyl groups excluding tert-OH is 1. The molecule has 1 saturated heterocycles. The number of carbonyl (C=O) groups excluding carboxylic acids is 2. The highest BCUT2D eigenvalue weighted by Gasteiger charge is 2.48. The summed E-state index contributed by atoms with van der Waals surface area (Å²) in [5, 5.41) is 11.1. The van der Waals surface area contributed by atoms with Gasteiger partial charge in [-0.25, -0.2) is 13.8 Å². The highest BCUT2D eigenvalue weighted by atomic mass is 32.1. The Hall–Kier alpha value is -3.98. The van der Waals surface area contributed by atoms with Crippen LogP contribution in [0.3, 0.4) is 0 Å². The Morgan fingerprint density at radius 1 is 1.03 bits per heavy atom. The summed E-state index contributed by atoms with van der Waals surface area (Å²) in [5.74, 6) is -3.19. The lowest BCUT2D eigenvalue weighted by molar-refractivity contribution is -0.132. The Morgan fingerprint density at radius 2 is 1.78 bits per heavy atom. The molecule has 4 aromatic rings. The number of amides is 1. The molecule has 6 nitrogen and oxygen atoms in total. The van der Waals surface area contributed by atoms with Crippen LogP contribution in [-0.4, -0.2) is 26.8 Å². The third kappa shape index (κ3) is 3.23. The zero-order valence-electron chi connectivity index (χ0n) is 16.2. The molecule has 32 heavy (non-hydrogen) atoms. The highest BCUT2D eigenvalue weighted by Crippen LogP contribution is 2.44. The number of fused-ring (bicyclic) bond motifs is 1. The van der Waals surface area contributed by atoms with Gasteiger partial charge >= 0.3 is 5.91 Å². The summed E-state index contributed by atoms with van der Waals surface area (Å²) in [4.78, 5) is 35.8. The van der Waals surface area contributed by atoms with Crippen molar-refractivity contribution in [2.45, 2.75) is 6.04 Å². The molecule has 2 aromatic heterocycles. The normalized spacial score (nSPS) is 17.9. The van der Waals surface area contributed by atoms with E-state index in [-0.39, 0.29) is 16.3 Å². The Balaban J connectivity index is 1.72. The fourth-order valence-corrected chi connectivity index (χ4v) is 4.65. The molecule has 1 atom stereocenters. The molecular formula is C23H13F2N3O3S. The smallest absolute Gasteiger partial charge is 0.301 e. The minimum absolute atomic E-state index is 0.167. The summed E-state index contributed by atoms with van der Waals surface area (Å²) in [7, 11) is 0. The van der Waals surface area contributed by atoms with Crippen LogP contribution in [0.4, 0.5) is 13.9 Å². The predicted molar refractivity (Wildman–Crippen MR) is 115 cm³/mol. The van der Waals surface area contributed by atoms with Crippen molar-refractivity contribution in [1.29, 1.82) is 0 Å². The van der Waals surface area contributed by atoms with Crippen molar-refractivity contribution in [2.75, 3.05) is 4.90 Å². The van der Waals surface area contributed by atoms with E-state index >= 15 is 0 Å². The molecule has 0 saturated carbocycles. The van der Waals surface area contributed by atoms with Crippen LogP contribution in [0, 0.1) is 11.6 Å². The molecule has 1 amide bonds. The summed E-state index contributed by atoms with van der Waals surface area (Å²) in [5.41, 5.74) is 0.960. The molecule has 1 fully saturated rings. The van der Waals surface area contributed by atoms with E-state index in [4.69, 9.17) is 0 Å². The zero-order chi connectivity index (χ0) is 22.4. The van der Waals surface area contributed by atoms with Crippen molar-refractivity contribution in [3.63, 3.8) is 0 Å². The van der Waals surface area contributed by atoms with Crippen molar-refractivity contribution in [3.05, 3.63) is 95.3 Å². The number of halogens is 2. The number of carbonyl (C=O) groups is 2. The minimum Gasteiger partial charge on any atom is -0.507 e. The van der Waals surface area contributed by atoms with Crippen LogP contribution in [0.15, 0.2) is 72.6 Å². The molecule has 1 aliphatic heterocycles. The van der Waals surface area contributed by atoms with Crippen molar-refractivity contribution in [3.8, 4) is 0 Å². The standard InChI is InChI=1S/C23H13F2N3O3S/c24-14-5-3-12(4-6-14)20(29)18-19(13-2-1-9-26-11-13)28(22(31)21(18)30)23-27-16-8-7-15(25)10-17(16)32-23/h1-11,19,29H/b20-18+. The second-order valence-corrected chi connectivity index (χ2v) is 8.08. The predicted octanol–water partition coefficient (Wildman–Crippen LogP) is 4.60. The summed E-state index contributed by atoms with van der Waals surface area (Å²) in [6.45, 7) is 0. The minimum atomic E-state index is -1.01. The van der Waals surface area contributed by atoms with Gasteiger partial charge in [0.15, 0.2) is 5.13 Å². The third-order valence-corrected chi connectivity index (χ3v) is 6.12. The van der Waals surface area contributed by atoms with E-state index < -0.39 is 35.1 Å². The van der Waals surface area contributed by atoms with E-state index in [9.17, 15) is 23.5 Å². The molecule has 3 heterocycles. The Labute approximate surface area is 184 Å². The van der Waals surface area contributed by atoms with E-state index in [0.717, 1.165) is 23.5 Å². The van der Waals surface area contributed by atoms with Crippen molar-refractivity contribution >= 4 is 44.1 Å². The first kappa shape index (κ1) is 20.0. The van der Waals surface area contributed by atoms with E-state index in [1.807, 2.05) is 0 Å². The number of rotatable bonds is 3. The lowest BCUT2D eigenvalue weighted by atomic mass is 9.96. The molecule has 1 N–H and O–H groups in total. The maximum atomic E-state index is 13.7. The maximum absolute atomic E-state index is 13.7. The first-order valence-corrected chi connectivity index (χ1v) is 10.3. The fourth-order valence-electron chi connectivity index (χ4n) is 3.64. The van der Waals surface area contributed by atoms with E-state index in [2.05, 4.69) is 9.97 Å².